The average molecular weight is 262 g/mol. The highest BCUT2D eigenvalue weighted by atomic mass is 15.2. The maximum absolute atomic E-state index is 4.42. The van der Waals surface area contributed by atoms with E-state index >= 15 is 0 Å². The molecule has 19 heavy (non-hydrogen) atoms. The van der Waals surface area contributed by atoms with Crippen molar-refractivity contribution in [3.8, 4) is 0 Å². The van der Waals surface area contributed by atoms with Gasteiger partial charge in [0.2, 0.25) is 5.95 Å². The Labute approximate surface area is 116 Å². The lowest BCUT2D eigenvalue weighted by atomic mass is 9.90. The van der Waals surface area contributed by atoms with E-state index in [1.54, 1.807) is 0 Å². The largest absolute Gasteiger partial charge is 0.341 e. The SMILES string of the molecule is CCCNC1CCC(N(C)c2ncc(C)cn2)CC1. The first-order valence-corrected chi connectivity index (χ1v) is 7.45. The van der Waals surface area contributed by atoms with Gasteiger partial charge in [-0.15, -0.1) is 0 Å². The van der Waals surface area contributed by atoms with E-state index in [-0.39, 0.29) is 0 Å². The lowest BCUT2D eigenvalue weighted by Crippen LogP contribution is -2.41. The Balaban J connectivity index is 1.85. The molecule has 1 heterocycles. The third kappa shape index (κ3) is 3.90. The van der Waals surface area contributed by atoms with Crippen molar-refractivity contribution in [2.45, 2.75) is 58.0 Å². The van der Waals surface area contributed by atoms with Crippen molar-refractivity contribution in [1.29, 1.82) is 0 Å². The number of anilines is 1. The van der Waals surface area contributed by atoms with Crippen molar-refractivity contribution in [3.63, 3.8) is 0 Å². The summed E-state index contributed by atoms with van der Waals surface area (Å²) >= 11 is 0. The molecule has 1 saturated carbocycles. The summed E-state index contributed by atoms with van der Waals surface area (Å²) in [5.74, 6) is 0.857. The van der Waals surface area contributed by atoms with Crippen molar-refractivity contribution >= 4 is 5.95 Å². The van der Waals surface area contributed by atoms with E-state index in [1.165, 1.54) is 32.1 Å². The lowest BCUT2D eigenvalue weighted by molar-refractivity contribution is 0.336. The van der Waals surface area contributed by atoms with Crippen LogP contribution in [0.4, 0.5) is 5.95 Å². The summed E-state index contributed by atoms with van der Waals surface area (Å²) in [6, 6.07) is 1.30. The van der Waals surface area contributed by atoms with E-state index in [9.17, 15) is 0 Å². The molecule has 0 aromatic carbocycles. The van der Waals surface area contributed by atoms with E-state index in [4.69, 9.17) is 0 Å². The molecule has 0 amide bonds. The highest BCUT2D eigenvalue weighted by Gasteiger charge is 2.24. The molecule has 0 saturated heterocycles. The highest BCUT2D eigenvalue weighted by Crippen LogP contribution is 2.24. The molecular weight excluding hydrogens is 236 g/mol. The molecule has 2 rings (SSSR count). The van der Waals surface area contributed by atoms with Crippen LogP contribution in [0.2, 0.25) is 0 Å². The molecule has 4 heteroatoms. The number of hydrogen-bond donors (Lipinski definition) is 1. The summed E-state index contributed by atoms with van der Waals surface area (Å²) in [5.41, 5.74) is 1.12. The molecule has 0 bridgehead atoms. The van der Waals surface area contributed by atoms with Crippen molar-refractivity contribution < 1.29 is 0 Å². The summed E-state index contributed by atoms with van der Waals surface area (Å²) in [7, 11) is 2.12. The van der Waals surface area contributed by atoms with Crippen molar-refractivity contribution in [2.75, 3.05) is 18.5 Å². The Morgan fingerprint density at radius 3 is 2.42 bits per heavy atom. The zero-order valence-corrected chi connectivity index (χ0v) is 12.4. The van der Waals surface area contributed by atoms with Crippen LogP contribution in [0.25, 0.3) is 0 Å². The molecule has 106 valence electrons. The van der Waals surface area contributed by atoms with Gasteiger partial charge in [0.05, 0.1) is 0 Å². The Morgan fingerprint density at radius 2 is 1.84 bits per heavy atom. The van der Waals surface area contributed by atoms with E-state index in [0.717, 1.165) is 18.1 Å². The van der Waals surface area contributed by atoms with Gasteiger partial charge in [0.25, 0.3) is 0 Å². The predicted octanol–water partition coefficient (Wildman–Crippen LogP) is 2.53. The standard InChI is InChI=1S/C15H26N4/c1-4-9-16-13-5-7-14(8-6-13)19(3)15-17-10-12(2)11-18-15/h10-11,13-14,16H,4-9H2,1-3H3. The predicted molar refractivity (Wildman–Crippen MR) is 79.5 cm³/mol. The van der Waals surface area contributed by atoms with Gasteiger partial charge >= 0.3 is 0 Å². The number of nitrogens with one attached hydrogen (secondary N) is 1. The van der Waals surface area contributed by atoms with Gasteiger partial charge in [-0.25, -0.2) is 9.97 Å². The second kappa shape index (κ2) is 6.85. The molecule has 1 aliphatic rings. The first kappa shape index (κ1) is 14.3. The molecule has 0 aliphatic heterocycles. The second-order valence-electron chi connectivity index (χ2n) is 5.63. The molecule has 0 unspecified atom stereocenters. The Morgan fingerprint density at radius 1 is 1.21 bits per heavy atom. The zero-order valence-electron chi connectivity index (χ0n) is 12.4. The van der Waals surface area contributed by atoms with Crippen LogP contribution < -0.4 is 10.2 Å². The monoisotopic (exact) mass is 262 g/mol. The van der Waals surface area contributed by atoms with Crippen molar-refractivity contribution in [2.24, 2.45) is 0 Å². The van der Waals surface area contributed by atoms with Gasteiger partial charge in [-0.2, -0.15) is 0 Å². The number of nitrogens with zero attached hydrogens (tertiary/aromatic N) is 3. The van der Waals surface area contributed by atoms with Crippen LogP contribution in [0.15, 0.2) is 12.4 Å². The van der Waals surface area contributed by atoms with Gasteiger partial charge in [0.1, 0.15) is 0 Å². The number of rotatable bonds is 5. The van der Waals surface area contributed by atoms with Crippen LogP contribution in [0.3, 0.4) is 0 Å². The number of aromatic nitrogens is 2. The van der Waals surface area contributed by atoms with Crippen molar-refractivity contribution in [1.82, 2.24) is 15.3 Å². The van der Waals surface area contributed by atoms with Crippen LogP contribution in [0, 0.1) is 6.92 Å². The fraction of sp³-hybridized carbons (Fsp3) is 0.733. The summed E-state index contributed by atoms with van der Waals surface area (Å²) < 4.78 is 0. The van der Waals surface area contributed by atoms with E-state index in [2.05, 4.69) is 34.2 Å². The molecule has 0 radical (unpaired) electrons. The first-order chi connectivity index (χ1) is 9.20. The number of aryl methyl sites for hydroxylation is 1. The molecule has 1 aromatic rings. The minimum atomic E-state index is 0.586. The molecule has 1 N–H and O–H groups in total. The fourth-order valence-electron chi connectivity index (χ4n) is 2.75. The van der Waals surface area contributed by atoms with Crippen LogP contribution >= 0.6 is 0 Å². The highest BCUT2D eigenvalue weighted by molar-refractivity contribution is 5.30. The molecular formula is C15H26N4. The molecule has 1 fully saturated rings. The topological polar surface area (TPSA) is 41.0 Å². The van der Waals surface area contributed by atoms with Gasteiger partial charge in [-0.3, -0.25) is 0 Å². The maximum atomic E-state index is 4.42. The van der Waals surface area contributed by atoms with E-state index < -0.39 is 0 Å². The Hall–Kier alpha value is -1.16. The minimum absolute atomic E-state index is 0.586. The molecule has 4 nitrogen and oxygen atoms in total. The Kier molecular flexibility index (Phi) is 5.14. The molecule has 0 spiro atoms. The fourth-order valence-corrected chi connectivity index (χ4v) is 2.75. The van der Waals surface area contributed by atoms with Gasteiger partial charge in [-0.05, 0) is 51.1 Å². The third-order valence-electron chi connectivity index (χ3n) is 4.01. The summed E-state index contributed by atoms with van der Waals surface area (Å²) in [4.78, 5) is 11.1. The van der Waals surface area contributed by atoms with Crippen LogP contribution in [0.1, 0.15) is 44.6 Å². The summed E-state index contributed by atoms with van der Waals surface area (Å²) in [5, 5.41) is 3.63. The average Bonchev–Trinajstić information content (AvgIpc) is 2.46. The number of hydrogen-bond acceptors (Lipinski definition) is 4. The maximum Gasteiger partial charge on any atom is 0.225 e. The van der Waals surface area contributed by atoms with E-state index in [0.29, 0.717) is 12.1 Å². The molecule has 0 atom stereocenters. The second-order valence-corrected chi connectivity index (χ2v) is 5.63. The normalized spacial score (nSPS) is 23.3. The molecule has 1 aliphatic carbocycles. The van der Waals surface area contributed by atoms with Gasteiger partial charge in [0, 0.05) is 31.5 Å². The third-order valence-corrected chi connectivity index (χ3v) is 4.01. The van der Waals surface area contributed by atoms with Crippen molar-refractivity contribution in [3.05, 3.63) is 18.0 Å². The Bertz CT molecular complexity index is 368. The van der Waals surface area contributed by atoms with Crippen LogP contribution in [0.5, 0.6) is 0 Å². The van der Waals surface area contributed by atoms with Gasteiger partial charge < -0.3 is 10.2 Å². The molecule has 1 aromatic heterocycles. The quantitative estimate of drug-likeness (QED) is 0.885. The van der Waals surface area contributed by atoms with Gasteiger partial charge in [0.15, 0.2) is 0 Å². The van der Waals surface area contributed by atoms with Crippen LogP contribution in [-0.2, 0) is 0 Å². The summed E-state index contributed by atoms with van der Waals surface area (Å²) in [6.45, 7) is 5.39. The lowest BCUT2D eigenvalue weighted by Gasteiger charge is -2.35. The van der Waals surface area contributed by atoms with Crippen LogP contribution in [-0.4, -0.2) is 35.6 Å². The van der Waals surface area contributed by atoms with Gasteiger partial charge in [-0.1, -0.05) is 6.92 Å². The smallest absolute Gasteiger partial charge is 0.225 e. The summed E-state index contributed by atoms with van der Waals surface area (Å²) in [6.07, 6.45) is 10.0. The van der Waals surface area contributed by atoms with E-state index in [1.807, 2.05) is 19.3 Å². The minimum Gasteiger partial charge on any atom is -0.341 e. The zero-order chi connectivity index (χ0) is 13.7. The first-order valence-electron chi connectivity index (χ1n) is 7.45.